The first-order valence-corrected chi connectivity index (χ1v) is 8.90. The van der Waals surface area contributed by atoms with Crippen LogP contribution in [-0.2, 0) is 21.5 Å². The fourth-order valence-corrected chi connectivity index (χ4v) is 2.49. The minimum Gasteiger partial charge on any atom is -0.481 e. The summed E-state index contributed by atoms with van der Waals surface area (Å²) in [5.74, 6) is -0.913. The Hall–Kier alpha value is -3.11. The first-order valence-electron chi connectivity index (χ1n) is 7.43. The highest BCUT2D eigenvalue weighted by atomic mass is 32.2. The number of rotatable bonds is 7. The zero-order valence-electron chi connectivity index (χ0n) is 13.5. The number of aryl methyl sites for hydroxylation is 1. The van der Waals surface area contributed by atoms with Crippen molar-refractivity contribution in [3.05, 3.63) is 54.1 Å². The SMILES string of the molecule is NS(=O)(=O)Oc1ccc(NC(=O)Nc2ccccc2CCC(=O)O)cc1. The van der Waals surface area contributed by atoms with Gasteiger partial charge in [0.15, 0.2) is 0 Å². The summed E-state index contributed by atoms with van der Waals surface area (Å²) in [6, 6.07) is 11.9. The van der Waals surface area contributed by atoms with Crippen molar-refractivity contribution in [1.82, 2.24) is 0 Å². The summed E-state index contributed by atoms with van der Waals surface area (Å²) in [5, 5.41) is 18.8. The minimum absolute atomic E-state index is 0.0116. The van der Waals surface area contributed by atoms with E-state index in [9.17, 15) is 18.0 Å². The quantitative estimate of drug-likeness (QED) is 0.578. The normalized spacial score (nSPS) is 10.8. The number of carbonyl (C=O) groups excluding carboxylic acids is 1. The van der Waals surface area contributed by atoms with Crippen LogP contribution in [0, 0.1) is 0 Å². The molecule has 0 fully saturated rings. The standard InChI is InChI=1S/C16H17N3O6S/c17-26(23,24)25-13-8-6-12(7-9-13)18-16(22)19-14-4-2-1-3-11(14)5-10-15(20)21/h1-4,6-9H,5,10H2,(H,20,21)(H2,17,23,24)(H2,18,19,22). The third-order valence-corrected chi connectivity index (χ3v) is 3.62. The number of carbonyl (C=O) groups is 2. The molecule has 0 atom stereocenters. The number of carboxylic acids is 1. The summed E-state index contributed by atoms with van der Waals surface area (Å²) in [5.41, 5.74) is 1.59. The van der Waals surface area contributed by atoms with E-state index in [-0.39, 0.29) is 18.6 Å². The molecule has 0 aliphatic carbocycles. The number of nitrogens with one attached hydrogen (secondary N) is 2. The predicted octanol–water partition coefficient (Wildman–Crippen LogP) is 1.93. The van der Waals surface area contributed by atoms with Crippen molar-refractivity contribution in [2.24, 2.45) is 5.14 Å². The number of aliphatic carboxylic acids is 1. The molecule has 0 aliphatic heterocycles. The third kappa shape index (κ3) is 6.42. The van der Waals surface area contributed by atoms with Gasteiger partial charge in [0.25, 0.3) is 0 Å². The van der Waals surface area contributed by atoms with Gasteiger partial charge in [-0.25, -0.2) is 4.79 Å². The number of hydrogen-bond donors (Lipinski definition) is 4. The monoisotopic (exact) mass is 379 g/mol. The van der Waals surface area contributed by atoms with Gasteiger partial charge in [0.2, 0.25) is 0 Å². The van der Waals surface area contributed by atoms with Gasteiger partial charge in [-0.2, -0.15) is 13.6 Å². The number of anilines is 2. The molecule has 0 aliphatic rings. The van der Waals surface area contributed by atoms with Crippen molar-refractivity contribution >= 4 is 33.7 Å². The molecule has 2 aromatic carbocycles. The molecule has 2 aromatic rings. The zero-order valence-corrected chi connectivity index (χ0v) is 14.3. The number of para-hydroxylation sites is 1. The largest absolute Gasteiger partial charge is 0.481 e. The van der Waals surface area contributed by atoms with E-state index in [1.807, 2.05) is 0 Å². The molecule has 0 spiro atoms. The molecule has 2 amide bonds. The molecule has 9 nitrogen and oxygen atoms in total. The van der Waals surface area contributed by atoms with Gasteiger partial charge in [0.05, 0.1) is 0 Å². The van der Waals surface area contributed by atoms with E-state index in [2.05, 4.69) is 14.8 Å². The second kappa shape index (κ2) is 8.32. The Bertz CT molecular complexity index is 896. The van der Waals surface area contributed by atoms with Crippen molar-refractivity contribution < 1.29 is 27.3 Å². The summed E-state index contributed by atoms with van der Waals surface area (Å²) in [7, 11) is -4.11. The fraction of sp³-hybridized carbons (Fsp3) is 0.125. The summed E-state index contributed by atoms with van der Waals surface area (Å²) in [4.78, 5) is 22.8. The summed E-state index contributed by atoms with van der Waals surface area (Å²) < 4.78 is 26.2. The Morgan fingerprint density at radius 2 is 1.69 bits per heavy atom. The number of urea groups is 1. The van der Waals surface area contributed by atoms with Crippen molar-refractivity contribution in [2.75, 3.05) is 10.6 Å². The molecular formula is C16H17N3O6S. The van der Waals surface area contributed by atoms with E-state index >= 15 is 0 Å². The van der Waals surface area contributed by atoms with Gasteiger partial charge in [-0.05, 0) is 42.3 Å². The summed E-state index contributed by atoms with van der Waals surface area (Å²) >= 11 is 0. The predicted molar refractivity (Wildman–Crippen MR) is 95.2 cm³/mol. The highest BCUT2D eigenvalue weighted by molar-refractivity contribution is 7.84. The van der Waals surface area contributed by atoms with Crippen LogP contribution in [0.5, 0.6) is 5.75 Å². The van der Waals surface area contributed by atoms with Crippen LogP contribution < -0.4 is 20.0 Å². The molecule has 138 valence electrons. The van der Waals surface area contributed by atoms with Crippen LogP contribution in [0.3, 0.4) is 0 Å². The van der Waals surface area contributed by atoms with E-state index in [1.165, 1.54) is 24.3 Å². The average Bonchev–Trinajstić information content (AvgIpc) is 2.54. The lowest BCUT2D eigenvalue weighted by Gasteiger charge is -2.12. The van der Waals surface area contributed by atoms with E-state index < -0.39 is 22.3 Å². The van der Waals surface area contributed by atoms with Crippen LogP contribution in [-0.4, -0.2) is 25.5 Å². The Kier molecular flexibility index (Phi) is 6.15. The molecule has 10 heteroatoms. The Morgan fingerprint density at radius 1 is 1.04 bits per heavy atom. The van der Waals surface area contributed by atoms with Gasteiger partial charge in [-0.3, -0.25) is 4.79 Å². The second-order valence-electron chi connectivity index (χ2n) is 5.23. The summed E-state index contributed by atoms with van der Waals surface area (Å²) in [6.07, 6.45) is 0.233. The van der Waals surface area contributed by atoms with Crippen LogP contribution in [0.4, 0.5) is 16.2 Å². The van der Waals surface area contributed by atoms with Gasteiger partial charge in [-0.15, -0.1) is 0 Å². The smallest absolute Gasteiger partial charge is 0.380 e. The molecule has 0 heterocycles. The molecule has 26 heavy (non-hydrogen) atoms. The van der Waals surface area contributed by atoms with Crippen molar-refractivity contribution in [3.63, 3.8) is 0 Å². The van der Waals surface area contributed by atoms with Gasteiger partial charge < -0.3 is 19.9 Å². The van der Waals surface area contributed by atoms with E-state index in [4.69, 9.17) is 10.2 Å². The number of carboxylic acid groups (broad SMARTS) is 1. The Labute approximate surface area is 150 Å². The number of amides is 2. The molecule has 0 unspecified atom stereocenters. The van der Waals surface area contributed by atoms with Crippen molar-refractivity contribution in [1.29, 1.82) is 0 Å². The average molecular weight is 379 g/mol. The molecule has 5 N–H and O–H groups in total. The van der Waals surface area contributed by atoms with Crippen LogP contribution in [0.1, 0.15) is 12.0 Å². The minimum atomic E-state index is -4.11. The maximum absolute atomic E-state index is 12.1. The summed E-state index contributed by atoms with van der Waals surface area (Å²) in [6.45, 7) is 0. The highest BCUT2D eigenvalue weighted by Gasteiger charge is 2.09. The molecule has 0 saturated heterocycles. The van der Waals surface area contributed by atoms with Crippen LogP contribution in [0.2, 0.25) is 0 Å². The molecule has 0 saturated carbocycles. The van der Waals surface area contributed by atoms with E-state index in [0.29, 0.717) is 16.9 Å². The van der Waals surface area contributed by atoms with Crippen LogP contribution in [0.15, 0.2) is 48.5 Å². The van der Waals surface area contributed by atoms with E-state index in [0.717, 1.165) is 0 Å². The van der Waals surface area contributed by atoms with E-state index in [1.54, 1.807) is 24.3 Å². The number of hydrogen-bond acceptors (Lipinski definition) is 5. The maximum Gasteiger partial charge on any atom is 0.380 e. The molecule has 0 aromatic heterocycles. The van der Waals surface area contributed by atoms with Gasteiger partial charge in [-0.1, -0.05) is 18.2 Å². The number of nitrogens with two attached hydrogens (primary N) is 1. The van der Waals surface area contributed by atoms with Gasteiger partial charge >= 0.3 is 22.3 Å². The van der Waals surface area contributed by atoms with Gasteiger partial charge in [0.1, 0.15) is 5.75 Å². The zero-order chi connectivity index (χ0) is 19.2. The topological polar surface area (TPSA) is 148 Å². The van der Waals surface area contributed by atoms with Crippen molar-refractivity contribution in [3.8, 4) is 5.75 Å². The maximum atomic E-state index is 12.1. The van der Waals surface area contributed by atoms with Crippen LogP contribution in [0.25, 0.3) is 0 Å². The molecule has 0 radical (unpaired) electrons. The third-order valence-electron chi connectivity index (χ3n) is 3.20. The Morgan fingerprint density at radius 3 is 2.31 bits per heavy atom. The van der Waals surface area contributed by atoms with Gasteiger partial charge in [0, 0.05) is 17.8 Å². The number of benzene rings is 2. The molecular weight excluding hydrogens is 362 g/mol. The first kappa shape index (κ1) is 19.2. The molecule has 2 rings (SSSR count). The lowest BCUT2D eigenvalue weighted by Crippen LogP contribution is -2.20. The first-order chi connectivity index (χ1) is 12.2. The highest BCUT2D eigenvalue weighted by Crippen LogP contribution is 2.19. The van der Waals surface area contributed by atoms with Crippen molar-refractivity contribution in [2.45, 2.75) is 12.8 Å². The Balaban J connectivity index is 2.00. The van der Waals surface area contributed by atoms with Crippen LogP contribution >= 0.6 is 0 Å². The molecule has 0 bridgehead atoms. The lowest BCUT2D eigenvalue weighted by atomic mass is 10.1. The second-order valence-corrected chi connectivity index (χ2v) is 6.38. The lowest BCUT2D eigenvalue weighted by molar-refractivity contribution is -0.136. The fourth-order valence-electron chi connectivity index (χ4n) is 2.11.